The van der Waals surface area contributed by atoms with Crippen LogP contribution >= 0.6 is 0 Å². The minimum atomic E-state index is -1.10. The van der Waals surface area contributed by atoms with E-state index >= 15 is 0 Å². The SMILES string of the molecule is C[C@H](OC(=O)c1cccc(OC[C@H]2CCCO2)c1)C(=O)Nc1cccc([N+](=O)[O-])c1. The maximum Gasteiger partial charge on any atom is 0.339 e. The molecule has 9 heteroatoms. The van der Waals surface area contributed by atoms with Crippen molar-refractivity contribution in [1.29, 1.82) is 0 Å². The van der Waals surface area contributed by atoms with Crippen LogP contribution in [0.5, 0.6) is 5.75 Å². The van der Waals surface area contributed by atoms with Crippen molar-refractivity contribution in [2.24, 2.45) is 0 Å². The van der Waals surface area contributed by atoms with Gasteiger partial charge in [0.15, 0.2) is 6.10 Å². The van der Waals surface area contributed by atoms with Gasteiger partial charge in [0.25, 0.3) is 11.6 Å². The van der Waals surface area contributed by atoms with Crippen molar-refractivity contribution >= 4 is 23.3 Å². The Morgan fingerprint density at radius 1 is 1.27 bits per heavy atom. The molecule has 0 bridgehead atoms. The Morgan fingerprint density at radius 3 is 2.80 bits per heavy atom. The number of hydrogen-bond donors (Lipinski definition) is 1. The molecule has 158 valence electrons. The second-order valence-corrected chi connectivity index (χ2v) is 6.82. The molecule has 1 aliphatic rings. The highest BCUT2D eigenvalue weighted by molar-refractivity contribution is 5.97. The summed E-state index contributed by atoms with van der Waals surface area (Å²) in [6.45, 7) is 2.56. The number of nitrogens with zero attached hydrogens (tertiary/aromatic N) is 1. The average molecular weight is 414 g/mol. The van der Waals surface area contributed by atoms with Crippen LogP contribution in [-0.4, -0.2) is 42.2 Å². The maximum atomic E-state index is 12.4. The summed E-state index contributed by atoms with van der Waals surface area (Å²) < 4.78 is 16.4. The van der Waals surface area contributed by atoms with Crippen molar-refractivity contribution in [2.45, 2.75) is 32.0 Å². The molecule has 0 spiro atoms. The van der Waals surface area contributed by atoms with Crippen LogP contribution in [-0.2, 0) is 14.3 Å². The summed E-state index contributed by atoms with van der Waals surface area (Å²) in [4.78, 5) is 34.9. The number of rotatable bonds is 8. The van der Waals surface area contributed by atoms with Crippen LogP contribution in [0.4, 0.5) is 11.4 Å². The molecule has 1 aliphatic heterocycles. The molecule has 2 aromatic carbocycles. The molecule has 30 heavy (non-hydrogen) atoms. The van der Waals surface area contributed by atoms with E-state index in [9.17, 15) is 19.7 Å². The number of amides is 1. The quantitative estimate of drug-likeness (QED) is 0.400. The van der Waals surface area contributed by atoms with Gasteiger partial charge >= 0.3 is 5.97 Å². The molecule has 1 amide bonds. The standard InChI is InChI=1S/C21H22N2O7/c1-14(20(24)22-16-6-3-7-17(12-16)23(26)27)30-21(25)15-5-2-8-18(11-15)29-13-19-9-4-10-28-19/h2-3,5-8,11-12,14,19H,4,9-10,13H2,1H3,(H,22,24)/t14-,19+/m0/s1. The average Bonchev–Trinajstić information content (AvgIpc) is 3.26. The topological polar surface area (TPSA) is 117 Å². The Morgan fingerprint density at radius 2 is 2.07 bits per heavy atom. The Balaban J connectivity index is 1.55. The van der Waals surface area contributed by atoms with Crippen molar-refractivity contribution in [1.82, 2.24) is 0 Å². The fraction of sp³-hybridized carbons (Fsp3) is 0.333. The van der Waals surface area contributed by atoms with E-state index in [0.29, 0.717) is 12.4 Å². The first kappa shape index (κ1) is 21.3. The zero-order chi connectivity index (χ0) is 21.5. The molecule has 0 radical (unpaired) electrons. The van der Waals surface area contributed by atoms with Gasteiger partial charge < -0.3 is 19.5 Å². The van der Waals surface area contributed by atoms with Gasteiger partial charge in [0.05, 0.1) is 16.6 Å². The van der Waals surface area contributed by atoms with Gasteiger partial charge in [-0.05, 0) is 44.0 Å². The largest absolute Gasteiger partial charge is 0.491 e. The highest BCUT2D eigenvalue weighted by Crippen LogP contribution is 2.19. The predicted octanol–water partition coefficient (Wildman–Crippen LogP) is 3.34. The minimum Gasteiger partial charge on any atom is -0.491 e. The zero-order valence-corrected chi connectivity index (χ0v) is 16.4. The number of esters is 1. The molecular weight excluding hydrogens is 392 g/mol. The lowest BCUT2D eigenvalue weighted by atomic mass is 10.2. The van der Waals surface area contributed by atoms with E-state index in [-0.39, 0.29) is 23.0 Å². The second-order valence-electron chi connectivity index (χ2n) is 6.82. The highest BCUT2D eigenvalue weighted by Gasteiger charge is 2.21. The monoisotopic (exact) mass is 414 g/mol. The van der Waals surface area contributed by atoms with Crippen LogP contribution in [0.15, 0.2) is 48.5 Å². The van der Waals surface area contributed by atoms with Crippen LogP contribution in [0.2, 0.25) is 0 Å². The summed E-state index contributed by atoms with van der Waals surface area (Å²) in [5, 5.41) is 13.3. The van der Waals surface area contributed by atoms with E-state index in [4.69, 9.17) is 14.2 Å². The lowest BCUT2D eigenvalue weighted by Crippen LogP contribution is -2.30. The number of anilines is 1. The second kappa shape index (κ2) is 9.84. The lowest BCUT2D eigenvalue weighted by Gasteiger charge is -2.14. The Bertz CT molecular complexity index is 925. The normalized spacial score (nSPS) is 16.5. The fourth-order valence-corrected chi connectivity index (χ4v) is 2.90. The summed E-state index contributed by atoms with van der Waals surface area (Å²) in [5.74, 6) is -0.775. The third-order valence-corrected chi connectivity index (χ3v) is 4.51. The van der Waals surface area contributed by atoms with Gasteiger partial charge in [0, 0.05) is 24.4 Å². The first-order valence-electron chi connectivity index (χ1n) is 9.53. The van der Waals surface area contributed by atoms with Crippen molar-refractivity contribution in [3.8, 4) is 5.75 Å². The van der Waals surface area contributed by atoms with E-state index < -0.39 is 22.9 Å². The number of ether oxygens (including phenoxy) is 3. The number of nitro groups is 1. The van der Waals surface area contributed by atoms with E-state index in [2.05, 4.69) is 5.32 Å². The Kier molecular flexibility index (Phi) is 6.97. The first-order chi connectivity index (χ1) is 14.4. The Hall–Kier alpha value is -3.46. The van der Waals surface area contributed by atoms with Gasteiger partial charge in [-0.15, -0.1) is 0 Å². The third kappa shape index (κ3) is 5.77. The number of hydrogen-bond acceptors (Lipinski definition) is 7. The van der Waals surface area contributed by atoms with E-state index in [0.717, 1.165) is 19.4 Å². The summed E-state index contributed by atoms with van der Waals surface area (Å²) in [5.41, 5.74) is 0.328. The van der Waals surface area contributed by atoms with Crippen LogP contribution in [0.1, 0.15) is 30.1 Å². The Labute approximate surface area is 173 Å². The van der Waals surface area contributed by atoms with Gasteiger partial charge in [0.2, 0.25) is 0 Å². The molecule has 2 atom stereocenters. The number of non-ortho nitro benzene ring substituents is 1. The van der Waals surface area contributed by atoms with Crippen LogP contribution in [0, 0.1) is 10.1 Å². The molecule has 1 N–H and O–H groups in total. The maximum absolute atomic E-state index is 12.4. The van der Waals surface area contributed by atoms with Crippen molar-refractivity contribution in [3.05, 3.63) is 64.2 Å². The molecular formula is C21H22N2O7. The van der Waals surface area contributed by atoms with Crippen molar-refractivity contribution in [2.75, 3.05) is 18.5 Å². The number of nitrogens with one attached hydrogen (secondary N) is 1. The van der Waals surface area contributed by atoms with E-state index in [1.54, 1.807) is 24.3 Å². The van der Waals surface area contributed by atoms with Gasteiger partial charge in [-0.1, -0.05) is 12.1 Å². The number of carbonyl (C=O) groups excluding carboxylic acids is 2. The zero-order valence-electron chi connectivity index (χ0n) is 16.4. The van der Waals surface area contributed by atoms with E-state index in [1.807, 2.05) is 0 Å². The summed E-state index contributed by atoms with van der Waals surface area (Å²) in [6, 6.07) is 12.0. The number of benzene rings is 2. The van der Waals surface area contributed by atoms with Crippen LogP contribution in [0.3, 0.4) is 0 Å². The highest BCUT2D eigenvalue weighted by atomic mass is 16.6. The molecule has 1 heterocycles. The minimum absolute atomic E-state index is 0.0538. The molecule has 3 rings (SSSR count). The molecule has 1 fully saturated rings. The molecule has 9 nitrogen and oxygen atoms in total. The van der Waals surface area contributed by atoms with Crippen LogP contribution < -0.4 is 10.1 Å². The molecule has 0 aromatic heterocycles. The molecule has 2 aromatic rings. The van der Waals surface area contributed by atoms with Gasteiger partial charge in [-0.2, -0.15) is 0 Å². The fourth-order valence-electron chi connectivity index (χ4n) is 2.90. The summed E-state index contributed by atoms with van der Waals surface area (Å²) in [6.07, 6.45) is 0.904. The third-order valence-electron chi connectivity index (χ3n) is 4.51. The van der Waals surface area contributed by atoms with E-state index in [1.165, 1.54) is 31.2 Å². The van der Waals surface area contributed by atoms with Crippen LogP contribution in [0.25, 0.3) is 0 Å². The lowest BCUT2D eigenvalue weighted by molar-refractivity contribution is -0.384. The van der Waals surface area contributed by atoms with Gasteiger partial charge in [-0.3, -0.25) is 14.9 Å². The molecule has 0 saturated carbocycles. The first-order valence-corrected chi connectivity index (χ1v) is 9.53. The van der Waals surface area contributed by atoms with Gasteiger partial charge in [-0.25, -0.2) is 4.79 Å². The predicted molar refractivity (Wildman–Crippen MR) is 108 cm³/mol. The number of carbonyl (C=O) groups is 2. The smallest absolute Gasteiger partial charge is 0.339 e. The molecule has 0 unspecified atom stereocenters. The molecule has 1 saturated heterocycles. The van der Waals surface area contributed by atoms with Crippen molar-refractivity contribution in [3.63, 3.8) is 0 Å². The summed E-state index contributed by atoms with van der Waals surface area (Å²) >= 11 is 0. The number of nitro benzene ring substituents is 1. The van der Waals surface area contributed by atoms with Crippen molar-refractivity contribution < 1.29 is 28.7 Å². The van der Waals surface area contributed by atoms with Gasteiger partial charge in [0.1, 0.15) is 12.4 Å². The summed E-state index contributed by atoms with van der Waals surface area (Å²) in [7, 11) is 0. The molecule has 0 aliphatic carbocycles.